The number of benzene rings is 1. The summed E-state index contributed by atoms with van der Waals surface area (Å²) in [5.41, 5.74) is 0.884. The molecule has 0 bridgehead atoms. The van der Waals surface area contributed by atoms with E-state index in [2.05, 4.69) is 0 Å². The van der Waals surface area contributed by atoms with Gasteiger partial charge in [0.15, 0.2) is 0 Å². The third-order valence-electron chi connectivity index (χ3n) is 2.84. The molecule has 2 rings (SSSR count). The van der Waals surface area contributed by atoms with Crippen molar-refractivity contribution in [1.29, 1.82) is 0 Å². The van der Waals surface area contributed by atoms with E-state index in [0.29, 0.717) is 0 Å². The van der Waals surface area contributed by atoms with Gasteiger partial charge in [-0.25, -0.2) is 8.78 Å². The van der Waals surface area contributed by atoms with Crippen LogP contribution >= 0.6 is 0 Å². The average molecular weight is 236 g/mol. The molecule has 0 aromatic heterocycles. The first-order valence-corrected chi connectivity index (χ1v) is 4.75. The zero-order valence-electron chi connectivity index (χ0n) is 8.35. The minimum Gasteiger partial charge on any atom is -0.205 e. The molecule has 0 saturated heterocycles. The largest absolute Gasteiger partial charge is 0.398 e. The summed E-state index contributed by atoms with van der Waals surface area (Å²) in [6.07, 6.45) is -4.83. The molecule has 5 heteroatoms. The van der Waals surface area contributed by atoms with Crippen LogP contribution in [0.5, 0.6) is 0 Å². The normalized spacial score (nSPS) is 27.9. The van der Waals surface area contributed by atoms with E-state index < -0.39 is 23.9 Å². The zero-order chi connectivity index (χ0) is 12.1. The predicted octanol–water partition coefficient (Wildman–Crippen LogP) is 3.91. The van der Waals surface area contributed by atoms with Crippen LogP contribution in [0.2, 0.25) is 0 Å². The third kappa shape index (κ3) is 1.68. The van der Waals surface area contributed by atoms with Gasteiger partial charge in [-0.1, -0.05) is 29.8 Å². The highest BCUT2D eigenvalue weighted by Gasteiger charge is 2.78. The topological polar surface area (TPSA) is 0 Å². The molecular weight excluding hydrogens is 227 g/mol. The Balaban J connectivity index is 2.28. The van der Waals surface area contributed by atoms with E-state index in [0.717, 1.165) is 5.56 Å². The Kier molecular flexibility index (Phi) is 2.26. The van der Waals surface area contributed by atoms with Crippen LogP contribution in [-0.2, 0) is 0 Å². The molecule has 16 heavy (non-hydrogen) atoms. The highest BCUT2D eigenvalue weighted by Crippen LogP contribution is 2.67. The molecule has 1 saturated carbocycles. The first kappa shape index (κ1) is 11.4. The molecule has 0 nitrogen and oxygen atoms in total. The van der Waals surface area contributed by atoms with Crippen molar-refractivity contribution in [3.8, 4) is 0 Å². The highest BCUT2D eigenvalue weighted by atomic mass is 19.4. The summed E-state index contributed by atoms with van der Waals surface area (Å²) in [5, 5.41) is 0. The van der Waals surface area contributed by atoms with E-state index in [-0.39, 0.29) is 5.56 Å². The molecule has 0 N–H and O–H groups in total. The molecule has 1 fully saturated rings. The second-order valence-corrected chi connectivity index (χ2v) is 4.08. The molecule has 0 aliphatic heterocycles. The maximum absolute atomic E-state index is 13.0. The van der Waals surface area contributed by atoms with Crippen molar-refractivity contribution < 1.29 is 22.0 Å². The van der Waals surface area contributed by atoms with Crippen LogP contribution in [-0.4, -0.2) is 12.1 Å². The van der Waals surface area contributed by atoms with Crippen LogP contribution in [0.15, 0.2) is 24.3 Å². The van der Waals surface area contributed by atoms with Gasteiger partial charge in [0.1, 0.15) is 5.92 Å². The molecule has 2 atom stereocenters. The third-order valence-corrected chi connectivity index (χ3v) is 2.84. The lowest BCUT2D eigenvalue weighted by Gasteiger charge is -2.03. The van der Waals surface area contributed by atoms with Gasteiger partial charge in [-0.05, 0) is 12.5 Å². The van der Waals surface area contributed by atoms with Crippen LogP contribution in [0.25, 0.3) is 0 Å². The van der Waals surface area contributed by atoms with Crippen LogP contribution in [0.1, 0.15) is 17.0 Å². The molecule has 1 aromatic rings. The van der Waals surface area contributed by atoms with Crippen molar-refractivity contribution >= 4 is 0 Å². The molecule has 88 valence electrons. The second-order valence-electron chi connectivity index (χ2n) is 4.08. The SMILES string of the molecule is Cc1ccc(C2[C@@H](C(F)(F)F)C2(F)F)cc1. The Morgan fingerprint density at radius 2 is 1.56 bits per heavy atom. The van der Waals surface area contributed by atoms with Gasteiger partial charge in [0.05, 0.1) is 5.92 Å². The lowest BCUT2D eigenvalue weighted by Crippen LogP contribution is -2.15. The Labute approximate surface area is 89.1 Å². The molecule has 0 amide bonds. The standard InChI is InChI=1S/C11H9F5/c1-6-2-4-7(5-3-6)8-9(10(8,12)13)11(14,15)16/h2-5,8-9H,1H3/t8?,9-/m1/s1. The fraction of sp³-hybridized carbons (Fsp3) is 0.455. The van der Waals surface area contributed by atoms with Gasteiger partial charge in [0.25, 0.3) is 5.92 Å². The minimum atomic E-state index is -4.83. The summed E-state index contributed by atoms with van der Waals surface area (Å²) in [4.78, 5) is 0. The zero-order valence-corrected chi connectivity index (χ0v) is 8.35. The smallest absolute Gasteiger partial charge is 0.205 e. The van der Waals surface area contributed by atoms with Crippen molar-refractivity contribution in [2.24, 2.45) is 5.92 Å². The molecule has 1 unspecified atom stereocenters. The molecular formula is C11H9F5. The lowest BCUT2D eigenvalue weighted by atomic mass is 10.1. The quantitative estimate of drug-likeness (QED) is 0.648. The van der Waals surface area contributed by atoms with Crippen molar-refractivity contribution in [3.63, 3.8) is 0 Å². The lowest BCUT2D eigenvalue weighted by molar-refractivity contribution is -0.167. The molecule has 1 aromatic carbocycles. The van der Waals surface area contributed by atoms with Gasteiger partial charge < -0.3 is 0 Å². The Morgan fingerprint density at radius 3 is 1.94 bits per heavy atom. The highest BCUT2D eigenvalue weighted by molar-refractivity contribution is 5.35. The number of halogens is 5. The number of aryl methyl sites for hydroxylation is 1. The van der Waals surface area contributed by atoms with Gasteiger partial charge >= 0.3 is 6.18 Å². The van der Waals surface area contributed by atoms with Crippen LogP contribution in [0, 0.1) is 12.8 Å². The van der Waals surface area contributed by atoms with E-state index in [1.807, 2.05) is 0 Å². The fourth-order valence-corrected chi connectivity index (χ4v) is 1.92. The Morgan fingerprint density at radius 1 is 1.06 bits per heavy atom. The predicted molar refractivity (Wildman–Crippen MR) is 48.4 cm³/mol. The van der Waals surface area contributed by atoms with Gasteiger partial charge in [-0.3, -0.25) is 0 Å². The van der Waals surface area contributed by atoms with Crippen molar-refractivity contribution in [3.05, 3.63) is 35.4 Å². The van der Waals surface area contributed by atoms with Gasteiger partial charge in [-0.2, -0.15) is 13.2 Å². The average Bonchev–Trinajstić information content (AvgIpc) is 2.70. The van der Waals surface area contributed by atoms with Crippen LogP contribution < -0.4 is 0 Å². The summed E-state index contributed by atoms with van der Waals surface area (Å²) in [6, 6.07) is 5.74. The number of hydrogen-bond donors (Lipinski definition) is 0. The summed E-state index contributed by atoms with van der Waals surface area (Å²) >= 11 is 0. The van der Waals surface area contributed by atoms with Gasteiger partial charge in [0, 0.05) is 0 Å². The maximum Gasteiger partial charge on any atom is 0.398 e. The molecule has 0 spiro atoms. The van der Waals surface area contributed by atoms with Gasteiger partial charge in [-0.15, -0.1) is 0 Å². The summed E-state index contributed by atoms with van der Waals surface area (Å²) < 4.78 is 62.9. The van der Waals surface area contributed by atoms with E-state index >= 15 is 0 Å². The number of hydrogen-bond acceptors (Lipinski definition) is 0. The van der Waals surface area contributed by atoms with E-state index in [1.165, 1.54) is 24.3 Å². The number of rotatable bonds is 1. The Hall–Kier alpha value is -1.13. The van der Waals surface area contributed by atoms with Crippen molar-refractivity contribution in [2.75, 3.05) is 0 Å². The minimum absolute atomic E-state index is 0.0536. The molecule has 0 radical (unpaired) electrons. The summed E-state index contributed by atoms with van der Waals surface area (Å²) in [7, 11) is 0. The monoisotopic (exact) mass is 236 g/mol. The summed E-state index contributed by atoms with van der Waals surface area (Å²) in [5.74, 6) is -7.90. The number of alkyl halides is 5. The second kappa shape index (κ2) is 3.18. The maximum atomic E-state index is 13.0. The van der Waals surface area contributed by atoms with Crippen molar-refractivity contribution in [1.82, 2.24) is 0 Å². The van der Waals surface area contributed by atoms with E-state index in [9.17, 15) is 22.0 Å². The van der Waals surface area contributed by atoms with E-state index in [1.54, 1.807) is 6.92 Å². The Bertz CT molecular complexity index is 390. The molecule has 1 aliphatic rings. The fourth-order valence-electron chi connectivity index (χ4n) is 1.92. The van der Waals surface area contributed by atoms with Crippen LogP contribution in [0.3, 0.4) is 0 Å². The summed E-state index contributed by atoms with van der Waals surface area (Å²) in [6.45, 7) is 1.75. The first-order valence-electron chi connectivity index (χ1n) is 4.75. The van der Waals surface area contributed by atoms with Crippen LogP contribution in [0.4, 0.5) is 22.0 Å². The molecule has 0 heterocycles. The van der Waals surface area contributed by atoms with Gasteiger partial charge in [0.2, 0.25) is 0 Å². The molecule has 1 aliphatic carbocycles. The van der Waals surface area contributed by atoms with Crippen molar-refractivity contribution in [2.45, 2.75) is 24.9 Å². The van der Waals surface area contributed by atoms with E-state index in [4.69, 9.17) is 0 Å². The first-order chi connectivity index (χ1) is 7.24.